The number of likely N-dealkylation sites (N-methyl/N-ethyl adjacent to an activating group) is 1. The number of carbonyl (C=O) groups excluding carboxylic acids is 2. The predicted octanol–water partition coefficient (Wildman–Crippen LogP) is 2.66. The highest BCUT2D eigenvalue weighted by molar-refractivity contribution is 6.00. The zero-order valence-corrected chi connectivity index (χ0v) is 14.5. The predicted molar refractivity (Wildman–Crippen MR) is 90.9 cm³/mol. The van der Waals surface area contributed by atoms with Crippen molar-refractivity contribution in [2.75, 3.05) is 7.05 Å². The molecule has 0 aliphatic carbocycles. The summed E-state index contributed by atoms with van der Waals surface area (Å²) in [6.45, 7) is 6.88. The largest absolute Gasteiger partial charge is 0.508 e. The zero-order chi connectivity index (χ0) is 18.0. The third-order valence-corrected chi connectivity index (χ3v) is 3.81. The number of nitrogens with zero attached hydrogens (tertiary/aromatic N) is 2. The van der Waals surface area contributed by atoms with E-state index in [0.29, 0.717) is 22.2 Å². The van der Waals surface area contributed by atoms with Crippen LogP contribution < -0.4 is 0 Å². The van der Waals surface area contributed by atoms with Gasteiger partial charge in [0.2, 0.25) is 0 Å². The molecule has 1 atom stereocenters. The summed E-state index contributed by atoms with van der Waals surface area (Å²) in [5.41, 5.74) is 1.64. The van der Waals surface area contributed by atoms with E-state index in [2.05, 4.69) is 4.98 Å². The van der Waals surface area contributed by atoms with Crippen LogP contribution in [-0.4, -0.2) is 46.1 Å². The van der Waals surface area contributed by atoms with E-state index in [0.717, 1.165) is 0 Å². The summed E-state index contributed by atoms with van der Waals surface area (Å²) in [5, 5.41) is 10.3. The second-order valence-electron chi connectivity index (χ2n) is 6.08. The number of fused-ring (bicyclic) bond motifs is 1. The van der Waals surface area contributed by atoms with E-state index in [1.165, 1.54) is 4.90 Å². The molecular formula is C18H22N2O4. The Morgan fingerprint density at radius 3 is 2.50 bits per heavy atom. The van der Waals surface area contributed by atoms with Gasteiger partial charge in [-0.15, -0.1) is 0 Å². The summed E-state index contributed by atoms with van der Waals surface area (Å²) in [6.07, 6.45) is -0.240. The van der Waals surface area contributed by atoms with Crippen molar-refractivity contribution in [3.8, 4) is 5.75 Å². The number of hydrogen-bond donors (Lipinski definition) is 1. The fraction of sp³-hybridized carbons (Fsp3) is 0.389. The van der Waals surface area contributed by atoms with Crippen LogP contribution in [0, 0.1) is 6.92 Å². The summed E-state index contributed by atoms with van der Waals surface area (Å²) >= 11 is 0. The van der Waals surface area contributed by atoms with Crippen LogP contribution in [-0.2, 0) is 9.53 Å². The van der Waals surface area contributed by atoms with Gasteiger partial charge in [0.15, 0.2) is 0 Å². The van der Waals surface area contributed by atoms with Crippen molar-refractivity contribution >= 4 is 22.8 Å². The third-order valence-electron chi connectivity index (χ3n) is 3.81. The Hall–Kier alpha value is -2.63. The Labute approximate surface area is 141 Å². The first-order valence-electron chi connectivity index (χ1n) is 7.78. The molecule has 24 heavy (non-hydrogen) atoms. The zero-order valence-electron chi connectivity index (χ0n) is 14.5. The van der Waals surface area contributed by atoms with Gasteiger partial charge in [-0.3, -0.25) is 9.78 Å². The molecule has 1 N–H and O–H groups in total. The number of aromatic hydroxyl groups is 1. The van der Waals surface area contributed by atoms with Crippen LogP contribution in [0.2, 0.25) is 0 Å². The van der Waals surface area contributed by atoms with E-state index in [4.69, 9.17) is 4.74 Å². The van der Waals surface area contributed by atoms with Crippen LogP contribution in [0.25, 0.3) is 10.9 Å². The quantitative estimate of drug-likeness (QED) is 0.872. The fourth-order valence-electron chi connectivity index (χ4n) is 2.33. The molecule has 0 saturated heterocycles. The summed E-state index contributed by atoms with van der Waals surface area (Å²) in [5.74, 6) is -0.669. The minimum atomic E-state index is -0.709. The van der Waals surface area contributed by atoms with Gasteiger partial charge in [0, 0.05) is 12.4 Å². The molecule has 1 amide bonds. The molecule has 6 heteroatoms. The van der Waals surface area contributed by atoms with E-state index >= 15 is 0 Å². The highest BCUT2D eigenvalue weighted by Crippen LogP contribution is 2.22. The normalized spacial score (nSPS) is 12.2. The maximum absolute atomic E-state index is 12.7. The molecule has 0 radical (unpaired) electrons. The molecule has 6 nitrogen and oxygen atoms in total. The van der Waals surface area contributed by atoms with E-state index in [9.17, 15) is 14.7 Å². The van der Waals surface area contributed by atoms with E-state index < -0.39 is 12.0 Å². The topological polar surface area (TPSA) is 79.7 Å². The molecular weight excluding hydrogens is 308 g/mol. The number of ether oxygens (including phenoxy) is 1. The van der Waals surface area contributed by atoms with Gasteiger partial charge >= 0.3 is 5.97 Å². The molecule has 2 rings (SSSR count). The Kier molecular flexibility index (Phi) is 5.07. The van der Waals surface area contributed by atoms with E-state index in [1.54, 1.807) is 59.0 Å². The number of pyridine rings is 1. The van der Waals surface area contributed by atoms with Gasteiger partial charge in [0.1, 0.15) is 11.8 Å². The monoisotopic (exact) mass is 330 g/mol. The molecule has 128 valence electrons. The number of phenolic OH excluding ortho intramolecular Hbond substituents is 1. The lowest BCUT2D eigenvalue weighted by atomic mass is 10.1. The average molecular weight is 330 g/mol. The number of carbonyl (C=O) groups is 2. The Morgan fingerprint density at radius 1 is 1.21 bits per heavy atom. The minimum absolute atomic E-state index is 0.105. The molecule has 0 unspecified atom stereocenters. The number of esters is 1. The SMILES string of the molecule is Cc1nc2ccc(O)cc2cc1C(=O)N(C)[C@@H](C)C(=O)OC(C)C. The Morgan fingerprint density at radius 2 is 1.88 bits per heavy atom. The van der Waals surface area contributed by atoms with E-state index in [-0.39, 0.29) is 17.8 Å². The second kappa shape index (κ2) is 6.86. The average Bonchev–Trinajstić information content (AvgIpc) is 2.51. The van der Waals surface area contributed by atoms with Crippen LogP contribution >= 0.6 is 0 Å². The summed E-state index contributed by atoms with van der Waals surface area (Å²) < 4.78 is 5.15. The van der Waals surface area contributed by atoms with Crippen molar-refractivity contribution in [1.82, 2.24) is 9.88 Å². The standard InChI is InChI=1S/C18H22N2O4/c1-10(2)24-18(23)12(4)20(5)17(22)15-9-13-8-14(21)6-7-16(13)19-11(15)3/h6-10,12,21H,1-5H3/t12-/m0/s1. The maximum Gasteiger partial charge on any atom is 0.328 e. The Bertz CT molecular complexity index is 786. The van der Waals surface area contributed by atoms with Crippen LogP contribution in [0.3, 0.4) is 0 Å². The molecule has 1 aromatic heterocycles. The van der Waals surface area contributed by atoms with Crippen LogP contribution in [0.5, 0.6) is 5.75 Å². The van der Waals surface area contributed by atoms with Crippen molar-refractivity contribution in [2.24, 2.45) is 0 Å². The molecule has 0 aliphatic rings. The molecule has 0 bridgehead atoms. The number of amides is 1. The van der Waals surface area contributed by atoms with Crippen molar-refractivity contribution < 1.29 is 19.4 Å². The highest BCUT2D eigenvalue weighted by Gasteiger charge is 2.26. The molecule has 2 aromatic rings. The molecule has 1 heterocycles. The van der Waals surface area contributed by atoms with Crippen molar-refractivity contribution in [1.29, 1.82) is 0 Å². The van der Waals surface area contributed by atoms with Gasteiger partial charge in [0.05, 0.1) is 22.9 Å². The van der Waals surface area contributed by atoms with Gasteiger partial charge in [-0.05, 0) is 52.0 Å². The van der Waals surface area contributed by atoms with Crippen molar-refractivity contribution in [3.05, 3.63) is 35.5 Å². The second-order valence-corrected chi connectivity index (χ2v) is 6.08. The number of phenols is 1. The smallest absolute Gasteiger partial charge is 0.328 e. The number of rotatable bonds is 4. The Balaban J connectivity index is 2.33. The van der Waals surface area contributed by atoms with Crippen molar-refractivity contribution in [2.45, 2.75) is 39.8 Å². The fourth-order valence-corrected chi connectivity index (χ4v) is 2.33. The number of aryl methyl sites for hydroxylation is 1. The lowest BCUT2D eigenvalue weighted by Crippen LogP contribution is -2.42. The van der Waals surface area contributed by atoms with Gasteiger partial charge in [-0.25, -0.2) is 4.79 Å². The molecule has 0 spiro atoms. The van der Waals surface area contributed by atoms with Gasteiger partial charge in [-0.2, -0.15) is 0 Å². The number of aromatic nitrogens is 1. The highest BCUT2D eigenvalue weighted by atomic mass is 16.5. The van der Waals surface area contributed by atoms with Crippen molar-refractivity contribution in [3.63, 3.8) is 0 Å². The number of benzene rings is 1. The molecule has 1 aromatic carbocycles. The van der Waals surface area contributed by atoms with Gasteiger partial charge in [-0.1, -0.05) is 0 Å². The van der Waals surface area contributed by atoms with Gasteiger partial charge in [0.25, 0.3) is 5.91 Å². The molecule has 0 saturated carbocycles. The summed E-state index contributed by atoms with van der Waals surface area (Å²) in [4.78, 5) is 30.5. The lowest BCUT2D eigenvalue weighted by molar-refractivity contribution is -0.151. The molecule has 0 fully saturated rings. The first-order valence-corrected chi connectivity index (χ1v) is 7.78. The van der Waals surface area contributed by atoms with E-state index in [1.807, 2.05) is 0 Å². The number of hydrogen-bond acceptors (Lipinski definition) is 5. The summed E-state index contributed by atoms with van der Waals surface area (Å²) in [7, 11) is 1.56. The minimum Gasteiger partial charge on any atom is -0.508 e. The van der Waals surface area contributed by atoms with Crippen LogP contribution in [0.4, 0.5) is 0 Å². The van der Waals surface area contributed by atoms with Gasteiger partial charge < -0.3 is 14.7 Å². The third kappa shape index (κ3) is 3.64. The summed E-state index contributed by atoms with van der Waals surface area (Å²) in [6, 6.07) is 5.76. The maximum atomic E-state index is 12.7. The van der Waals surface area contributed by atoms with Crippen LogP contribution in [0.1, 0.15) is 36.8 Å². The van der Waals surface area contributed by atoms with Crippen LogP contribution in [0.15, 0.2) is 24.3 Å². The molecule has 0 aliphatic heterocycles. The first-order chi connectivity index (χ1) is 11.2. The first kappa shape index (κ1) is 17.7. The lowest BCUT2D eigenvalue weighted by Gasteiger charge is -2.25.